The summed E-state index contributed by atoms with van der Waals surface area (Å²) in [5.74, 6) is 0.135. The molecule has 0 spiro atoms. The molecule has 0 aromatic heterocycles. The Hall–Kier alpha value is -0.930. The molecule has 0 bridgehead atoms. The molecule has 2 atom stereocenters. The first kappa shape index (κ1) is 14.1. The molecule has 0 fully saturated rings. The highest BCUT2D eigenvalue weighted by Crippen LogP contribution is 2.19. The molecule has 0 saturated carbocycles. The van der Waals surface area contributed by atoms with Gasteiger partial charge in [0.25, 0.3) is 0 Å². The van der Waals surface area contributed by atoms with Crippen LogP contribution in [0.4, 0.5) is 4.39 Å². The lowest BCUT2D eigenvalue weighted by Crippen LogP contribution is -2.39. The summed E-state index contributed by atoms with van der Waals surface area (Å²) >= 11 is 0. The summed E-state index contributed by atoms with van der Waals surface area (Å²) < 4.78 is 13.2. The number of halogens is 1. The van der Waals surface area contributed by atoms with Gasteiger partial charge in [0.2, 0.25) is 0 Å². The Bertz CT molecular complexity index is 341. The summed E-state index contributed by atoms with van der Waals surface area (Å²) in [5, 5.41) is 12.7. The number of benzene rings is 1. The van der Waals surface area contributed by atoms with Crippen LogP contribution in [0.3, 0.4) is 0 Å². The predicted molar refractivity (Wildman–Crippen MR) is 68.3 cm³/mol. The molecule has 1 aromatic rings. The molecule has 2 N–H and O–H groups in total. The van der Waals surface area contributed by atoms with E-state index in [1.54, 1.807) is 12.1 Å². The van der Waals surface area contributed by atoms with E-state index in [4.69, 9.17) is 0 Å². The third-order valence-electron chi connectivity index (χ3n) is 3.08. The van der Waals surface area contributed by atoms with Gasteiger partial charge < -0.3 is 10.4 Å². The maximum absolute atomic E-state index is 13.2. The van der Waals surface area contributed by atoms with E-state index >= 15 is 0 Å². The molecule has 0 saturated heterocycles. The van der Waals surface area contributed by atoms with E-state index in [1.807, 2.05) is 6.07 Å². The maximum atomic E-state index is 13.2. The lowest BCUT2D eigenvalue weighted by atomic mass is 9.99. The molecule has 0 radical (unpaired) electrons. The number of nitrogens with one attached hydrogen (secondary N) is 1. The van der Waals surface area contributed by atoms with E-state index < -0.39 is 0 Å². The van der Waals surface area contributed by atoms with Crippen molar-refractivity contribution >= 4 is 0 Å². The van der Waals surface area contributed by atoms with Crippen LogP contribution < -0.4 is 5.32 Å². The zero-order valence-electron chi connectivity index (χ0n) is 10.8. The van der Waals surface area contributed by atoms with Crippen molar-refractivity contribution in [2.75, 3.05) is 6.61 Å². The van der Waals surface area contributed by atoms with Crippen molar-refractivity contribution in [1.29, 1.82) is 0 Å². The molecule has 1 rings (SSSR count). The second-order valence-electron chi connectivity index (χ2n) is 4.72. The van der Waals surface area contributed by atoms with Crippen LogP contribution in [-0.2, 0) is 0 Å². The van der Waals surface area contributed by atoms with Crippen LogP contribution in [0.1, 0.15) is 38.8 Å². The van der Waals surface area contributed by atoms with E-state index in [2.05, 4.69) is 26.1 Å². The summed E-state index contributed by atoms with van der Waals surface area (Å²) in [6.07, 6.45) is 0.868. The average Bonchev–Trinajstić information content (AvgIpc) is 2.30. The highest BCUT2D eigenvalue weighted by Gasteiger charge is 2.17. The Kier molecular flexibility index (Phi) is 5.59. The predicted octanol–water partition coefficient (Wildman–Crippen LogP) is 2.88. The summed E-state index contributed by atoms with van der Waals surface area (Å²) in [6.45, 7) is 6.28. The first-order chi connectivity index (χ1) is 8.08. The standard InChI is InChI=1S/C14H22FNO/c1-4-13(16-14(9-17)10(2)3)11-6-5-7-12(15)8-11/h5-8,10,13-14,16-17H,4,9H2,1-3H3/t13-,14+/m1/s1. The third-order valence-corrected chi connectivity index (χ3v) is 3.08. The van der Waals surface area contributed by atoms with Gasteiger partial charge in [0.1, 0.15) is 5.82 Å². The zero-order chi connectivity index (χ0) is 12.8. The van der Waals surface area contributed by atoms with Crippen LogP contribution in [0.2, 0.25) is 0 Å². The fourth-order valence-electron chi connectivity index (χ4n) is 1.89. The number of aliphatic hydroxyl groups is 1. The topological polar surface area (TPSA) is 32.3 Å². The number of hydrogen-bond donors (Lipinski definition) is 2. The lowest BCUT2D eigenvalue weighted by molar-refractivity contribution is 0.198. The highest BCUT2D eigenvalue weighted by atomic mass is 19.1. The van der Waals surface area contributed by atoms with Crippen molar-refractivity contribution in [3.8, 4) is 0 Å². The molecule has 0 heterocycles. The largest absolute Gasteiger partial charge is 0.395 e. The van der Waals surface area contributed by atoms with Crippen LogP contribution in [0.15, 0.2) is 24.3 Å². The van der Waals surface area contributed by atoms with Crippen LogP contribution in [0.5, 0.6) is 0 Å². The maximum Gasteiger partial charge on any atom is 0.123 e. The monoisotopic (exact) mass is 239 g/mol. The molecule has 0 aliphatic rings. The minimum absolute atomic E-state index is 0.0446. The molecule has 0 aliphatic heterocycles. The van der Waals surface area contributed by atoms with Gasteiger partial charge in [-0.3, -0.25) is 0 Å². The van der Waals surface area contributed by atoms with Gasteiger partial charge in [-0.2, -0.15) is 0 Å². The zero-order valence-corrected chi connectivity index (χ0v) is 10.8. The number of aliphatic hydroxyl groups excluding tert-OH is 1. The molecule has 3 heteroatoms. The molecule has 0 amide bonds. The van der Waals surface area contributed by atoms with Crippen LogP contribution in [-0.4, -0.2) is 17.8 Å². The van der Waals surface area contributed by atoms with E-state index in [1.165, 1.54) is 6.07 Å². The summed E-state index contributed by atoms with van der Waals surface area (Å²) in [5.41, 5.74) is 0.937. The second-order valence-corrected chi connectivity index (χ2v) is 4.72. The Morgan fingerprint density at radius 3 is 2.53 bits per heavy atom. The first-order valence-electron chi connectivity index (χ1n) is 6.20. The molecule has 0 unspecified atom stereocenters. The SMILES string of the molecule is CC[C@@H](N[C@@H](CO)C(C)C)c1cccc(F)c1. The van der Waals surface area contributed by atoms with Crippen molar-refractivity contribution in [3.05, 3.63) is 35.6 Å². The van der Waals surface area contributed by atoms with Crippen LogP contribution in [0.25, 0.3) is 0 Å². The fourth-order valence-corrected chi connectivity index (χ4v) is 1.89. The Balaban J connectivity index is 2.78. The van der Waals surface area contributed by atoms with E-state index in [0.717, 1.165) is 12.0 Å². The minimum Gasteiger partial charge on any atom is -0.395 e. The van der Waals surface area contributed by atoms with E-state index in [0.29, 0.717) is 5.92 Å². The third kappa shape index (κ3) is 4.10. The molecular formula is C14H22FNO. The Morgan fingerprint density at radius 2 is 2.06 bits per heavy atom. The van der Waals surface area contributed by atoms with Crippen molar-refractivity contribution in [2.45, 2.75) is 39.3 Å². The smallest absolute Gasteiger partial charge is 0.123 e. The molecule has 1 aromatic carbocycles. The highest BCUT2D eigenvalue weighted by molar-refractivity contribution is 5.20. The van der Waals surface area contributed by atoms with Crippen molar-refractivity contribution < 1.29 is 9.50 Å². The summed E-state index contributed by atoms with van der Waals surface area (Å²) in [7, 11) is 0. The number of hydrogen-bond acceptors (Lipinski definition) is 2. The normalized spacial score (nSPS) is 14.9. The van der Waals surface area contributed by atoms with Crippen molar-refractivity contribution in [1.82, 2.24) is 5.32 Å². The van der Waals surface area contributed by atoms with Gasteiger partial charge in [-0.05, 0) is 30.0 Å². The summed E-state index contributed by atoms with van der Waals surface area (Å²) in [4.78, 5) is 0. The van der Waals surface area contributed by atoms with E-state index in [-0.39, 0.29) is 24.5 Å². The molecule has 96 valence electrons. The average molecular weight is 239 g/mol. The summed E-state index contributed by atoms with van der Waals surface area (Å²) in [6, 6.07) is 6.77. The van der Waals surface area contributed by atoms with Gasteiger partial charge in [0.05, 0.1) is 6.61 Å². The fraction of sp³-hybridized carbons (Fsp3) is 0.571. The number of rotatable bonds is 6. The Labute approximate surface area is 103 Å². The van der Waals surface area contributed by atoms with Gasteiger partial charge in [0.15, 0.2) is 0 Å². The quantitative estimate of drug-likeness (QED) is 0.800. The molecule has 2 nitrogen and oxygen atoms in total. The van der Waals surface area contributed by atoms with Crippen LogP contribution >= 0.6 is 0 Å². The van der Waals surface area contributed by atoms with Gasteiger partial charge in [-0.25, -0.2) is 4.39 Å². The van der Waals surface area contributed by atoms with Gasteiger partial charge in [-0.1, -0.05) is 32.9 Å². The Morgan fingerprint density at radius 1 is 1.35 bits per heavy atom. The molecular weight excluding hydrogens is 217 g/mol. The van der Waals surface area contributed by atoms with E-state index in [9.17, 15) is 9.50 Å². The molecule has 0 aliphatic carbocycles. The second kappa shape index (κ2) is 6.72. The minimum atomic E-state index is -0.215. The van der Waals surface area contributed by atoms with Gasteiger partial charge in [-0.15, -0.1) is 0 Å². The van der Waals surface area contributed by atoms with Crippen molar-refractivity contribution in [3.63, 3.8) is 0 Å². The molecule has 17 heavy (non-hydrogen) atoms. The van der Waals surface area contributed by atoms with Gasteiger partial charge in [0, 0.05) is 12.1 Å². The first-order valence-corrected chi connectivity index (χ1v) is 6.20. The van der Waals surface area contributed by atoms with Crippen molar-refractivity contribution in [2.24, 2.45) is 5.92 Å². The van der Waals surface area contributed by atoms with Gasteiger partial charge >= 0.3 is 0 Å². The lowest BCUT2D eigenvalue weighted by Gasteiger charge is -2.26. The van der Waals surface area contributed by atoms with Crippen LogP contribution in [0, 0.1) is 11.7 Å².